The van der Waals surface area contributed by atoms with Crippen molar-refractivity contribution in [2.24, 2.45) is 0 Å². The molecule has 1 aromatic rings. The summed E-state index contributed by atoms with van der Waals surface area (Å²) in [5.74, 6) is 0.712. The highest BCUT2D eigenvalue weighted by Crippen LogP contribution is 2.19. The van der Waals surface area contributed by atoms with Gasteiger partial charge in [0.2, 0.25) is 11.8 Å². The van der Waals surface area contributed by atoms with E-state index in [4.69, 9.17) is 0 Å². The van der Waals surface area contributed by atoms with Crippen LogP contribution in [0.25, 0.3) is 0 Å². The fraction of sp³-hybridized carbons (Fsp3) is 0.429. The Bertz CT molecular complexity index is 539. The molecule has 2 amide bonds. The van der Waals surface area contributed by atoms with Crippen molar-refractivity contribution in [1.29, 1.82) is 0 Å². The number of alkyl halides is 2. The maximum Gasteiger partial charge on any atom is 0.387 e. The Morgan fingerprint density at radius 3 is 2.64 bits per heavy atom. The number of nitrogens with zero attached hydrogens (tertiary/aromatic N) is 1. The van der Waals surface area contributed by atoms with Gasteiger partial charge in [-0.15, -0.1) is 11.8 Å². The van der Waals surface area contributed by atoms with E-state index in [0.717, 1.165) is 5.56 Å². The molecule has 5 nitrogen and oxygen atoms in total. The molecule has 1 saturated heterocycles. The van der Waals surface area contributed by atoms with Crippen LogP contribution in [0.2, 0.25) is 0 Å². The Hall–Kier alpha value is -1.83. The first-order valence-corrected chi connectivity index (χ1v) is 7.81. The van der Waals surface area contributed by atoms with Crippen molar-refractivity contribution >= 4 is 23.6 Å². The molecule has 1 unspecified atom stereocenters. The van der Waals surface area contributed by atoms with E-state index >= 15 is 0 Å². The first kappa shape index (κ1) is 16.5. The zero-order valence-corrected chi connectivity index (χ0v) is 12.7. The van der Waals surface area contributed by atoms with E-state index in [1.165, 1.54) is 28.8 Å². The lowest BCUT2D eigenvalue weighted by atomic mass is 10.1. The van der Waals surface area contributed by atoms with Gasteiger partial charge in [-0.1, -0.05) is 12.1 Å². The van der Waals surface area contributed by atoms with Gasteiger partial charge in [-0.2, -0.15) is 8.78 Å². The number of rotatable bonds is 6. The van der Waals surface area contributed by atoms with Crippen molar-refractivity contribution < 1.29 is 23.1 Å². The zero-order valence-electron chi connectivity index (χ0n) is 11.9. The van der Waals surface area contributed by atoms with Gasteiger partial charge in [-0.25, -0.2) is 0 Å². The van der Waals surface area contributed by atoms with Crippen LogP contribution in [-0.4, -0.2) is 41.5 Å². The number of benzene rings is 1. The second-order valence-corrected chi connectivity index (χ2v) is 5.76. The molecule has 1 fully saturated rings. The van der Waals surface area contributed by atoms with Gasteiger partial charge in [0.05, 0.1) is 17.7 Å². The first-order valence-electron chi connectivity index (χ1n) is 6.65. The van der Waals surface area contributed by atoms with E-state index in [2.05, 4.69) is 10.1 Å². The number of amides is 2. The van der Waals surface area contributed by atoms with E-state index in [0.29, 0.717) is 11.6 Å². The van der Waals surface area contributed by atoms with Gasteiger partial charge in [-0.3, -0.25) is 9.59 Å². The lowest BCUT2D eigenvalue weighted by molar-refractivity contribution is -0.132. The maximum absolute atomic E-state index is 12.1. The smallest absolute Gasteiger partial charge is 0.387 e. The van der Waals surface area contributed by atoms with Crippen molar-refractivity contribution in [3.63, 3.8) is 0 Å². The van der Waals surface area contributed by atoms with Crippen LogP contribution in [0.1, 0.15) is 18.5 Å². The van der Waals surface area contributed by atoms with E-state index in [-0.39, 0.29) is 30.2 Å². The summed E-state index contributed by atoms with van der Waals surface area (Å²) >= 11 is 1.48. The number of halogens is 2. The van der Waals surface area contributed by atoms with E-state index in [1.54, 1.807) is 19.1 Å². The van der Waals surface area contributed by atoms with Crippen LogP contribution in [-0.2, 0) is 9.59 Å². The van der Waals surface area contributed by atoms with Crippen LogP contribution in [0, 0.1) is 0 Å². The second kappa shape index (κ2) is 7.44. The minimum Gasteiger partial charge on any atom is -0.435 e. The van der Waals surface area contributed by atoms with Crippen molar-refractivity contribution in [3.05, 3.63) is 29.8 Å². The monoisotopic (exact) mass is 330 g/mol. The third-order valence-electron chi connectivity index (χ3n) is 3.14. The third kappa shape index (κ3) is 4.59. The number of hydrogen-bond acceptors (Lipinski definition) is 4. The van der Waals surface area contributed by atoms with Crippen LogP contribution >= 0.6 is 11.8 Å². The van der Waals surface area contributed by atoms with Crippen LogP contribution < -0.4 is 10.1 Å². The molecule has 1 N–H and O–H groups in total. The first-order chi connectivity index (χ1) is 10.5. The zero-order chi connectivity index (χ0) is 16.1. The molecule has 0 radical (unpaired) electrons. The maximum atomic E-state index is 12.1. The molecule has 1 aliphatic heterocycles. The minimum atomic E-state index is -2.86. The molecule has 1 aliphatic rings. The molecular weight excluding hydrogens is 314 g/mol. The molecular formula is C14H16F2N2O3S. The second-order valence-electron chi connectivity index (χ2n) is 4.81. The number of carbonyl (C=O) groups is 2. The van der Waals surface area contributed by atoms with E-state index in [1.807, 2.05) is 0 Å². The summed E-state index contributed by atoms with van der Waals surface area (Å²) in [6.45, 7) is -1.05. The summed E-state index contributed by atoms with van der Waals surface area (Å²) in [6, 6.07) is 5.77. The Kier molecular flexibility index (Phi) is 5.59. The lowest BCUT2D eigenvalue weighted by Crippen LogP contribution is -2.39. The summed E-state index contributed by atoms with van der Waals surface area (Å²) in [6.07, 6.45) is 0. The quantitative estimate of drug-likeness (QED) is 0.867. The lowest BCUT2D eigenvalue weighted by Gasteiger charge is -2.18. The average Bonchev–Trinajstić information content (AvgIpc) is 2.84. The van der Waals surface area contributed by atoms with Crippen molar-refractivity contribution in [1.82, 2.24) is 10.2 Å². The number of nitrogens with one attached hydrogen (secondary N) is 1. The van der Waals surface area contributed by atoms with Crippen molar-refractivity contribution in [3.8, 4) is 5.75 Å². The van der Waals surface area contributed by atoms with Crippen molar-refractivity contribution in [2.75, 3.05) is 18.2 Å². The van der Waals surface area contributed by atoms with Crippen LogP contribution in [0.4, 0.5) is 8.78 Å². The summed E-state index contributed by atoms with van der Waals surface area (Å²) in [5, 5.41) is 2.77. The Balaban J connectivity index is 1.86. The van der Waals surface area contributed by atoms with Gasteiger partial charge < -0.3 is 15.0 Å². The van der Waals surface area contributed by atoms with Crippen molar-refractivity contribution in [2.45, 2.75) is 19.6 Å². The molecule has 120 valence electrons. The predicted octanol–water partition coefficient (Wildman–Crippen LogP) is 2.00. The largest absolute Gasteiger partial charge is 0.435 e. The molecule has 8 heteroatoms. The average molecular weight is 330 g/mol. The Labute approximate surface area is 131 Å². The summed E-state index contributed by atoms with van der Waals surface area (Å²) in [7, 11) is 0. The molecule has 1 aromatic carbocycles. The normalized spacial score (nSPS) is 16.0. The SMILES string of the molecule is CC(NC(=O)CN1CSCC1=O)c1ccc(OC(F)F)cc1. The van der Waals surface area contributed by atoms with E-state index < -0.39 is 6.61 Å². The van der Waals surface area contributed by atoms with Crippen LogP contribution in [0.5, 0.6) is 5.75 Å². The molecule has 22 heavy (non-hydrogen) atoms. The topological polar surface area (TPSA) is 58.6 Å². The molecule has 1 atom stereocenters. The highest BCUT2D eigenvalue weighted by molar-refractivity contribution is 8.00. The molecule has 0 spiro atoms. The van der Waals surface area contributed by atoms with Crippen LogP contribution in [0.3, 0.4) is 0 Å². The summed E-state index contributed by atoms with van der Waals surface area (Å²) in [4.78, 5) is 24.8. The van der Waals surface area contributed by atoms with Gasteiger partial charge in [0.1, 0.15) is 12.3 Å². The summed E-state index contributed by atoms with van der Waals surface area (Å²) < 4.78 is 28.4. The number of ether oxygens (including phenoxy) is 1. The third-order valence-corrected chi connectivity index (χ3v) is 4.09. The Morgan fingerprint density at radius 2 is 2.09 bits per heavy atom. The number of carbonyl (C=O) groups excluding carboxylic acids is 2. The molecule has 0 aromatic heterocycles. The van der Waals surface area contributed by atoms with Gasteiger partial charge in [0.25, 0.3) is 0 Å². The Morgan fingerprint density at radius 1 is 1.41 bits per heavy atom. The highest BCUT2D eigenvalue weighted by Gasteiger charge is 2.23. The standard InChI is InChI=1S/C14H16F2N2O3S/c1-9(10-2-4-11(5-3-10)21-14(15)16)17-12(19)6-18-8-22-7-13(18)20/h2-5,9,14H,6-8H2,1H3,(H,17,19). The van der Waals surface area contributed by atoms with Gasteiger partial charge in [-0.05, 0) is 24.6 Å². The van der Waals surface area contributed by atoms with Gasteiger partial charge >= 0.3 is 6.61 Å². The number of thioether (sulfide) groups is 1. The number of hydrogen-bond donors (Lipinski definition) is 1. The highest BCUT2D eigenvalue weighted by atomic mass is 32.2. The molecule has 1 heterocycles. The molecule has 0 bridgehead atoms. The van der Waals surface area contributed by atoms with Crippen LogP contribution in [0.15, 0.2) is 24.3 Å². The minimum absolute atomic E-state index is 0.0305. The predicted molar refractivity (Wildman–Crippen MR) is 78.7 cm³/mol. The summed E-state index contributed by atoms with van der Waals surface area (Å²) in [5.41, 5.74) is 0.761. The fourth-order valence-corrected chi connectivity index (χ4v) is 2.93. The molecule has 0 saturated carbocycles. The van der Waals surface area contributed by atoms with Gasteiger partial charge in [0, 0.05) is 0 Å². The van der Waals surface area contributed by atoms with Gasteiger partial charge in [0.15, 0.2) is 0 Å². The van der Waals surface area contributed by atoms with E-state index in [9.17, 15) is 18.4 Å². The fourth-order valence-electron chi connectivity index (χ4n) is 2.02. The molecule has 2 rings (SSSR count). The molecule has 0 aliphatic carbocycles.